The van der Waals surface area contributed by atoms with Gasteiger partial charge < -0.3 is 4.42 Å². The van der Waals surface area contributed by atoms with Crippen molar-refractivity contribution in [2.45, 2.75) is 0 Å². The van der Waals surface area contributed by atoms with E-state index in [2.05, 4.69) is 0 Å². The Balaban J connectivity index is 1.15. The zero-order chi connectivity index (χ0) is 51.4. The second-order valence-electron chi connectivity index (χ2n) is 13.3. The Morgan fingerprint density at radius 1 is 0.404 bits per heavy atom. The third kappa shape index (κ3) is 4.87. The van der Waals surface area contributed by atoms with Gasteiger partial charge in [-0.15, -0.1) is 0 Å². The zero-order valence-corrected chi connectivity index (χ0v) is 29.3. The van der Waals surface area contributed by atoms with Gasteiger partial charge in [0.15, 0.2) is 5.82 Å². The van der Waals surface area contributed by atoms with E-state index in [1.165, 1.54) is 0 Å². The number of rotatable bonds is 5. The number of nitrogens with zero attached hydrogens (tertiary/aromatic N) is 5. The molecule has 0 radical (unpaired) electrons. The molecule has 0 aliphatic carbocycles. The molecule has 0 aliphatic rings. The van der Waals surface area contributed by atoms with Crippen molar-refractivity contribution in [1.29, 1.82) is 0 Å². The Morgan fingerprint density at radius 3 is 1.49 bits per heavy atom. The van der Waals surface area contributed by atoms with Gasteiger partial charge in [0.1, 0.15) is 11.2 Å². The van der Waals surface area contributed by atoms with Crippen LogP contribution in [0.25, 0.3) is 111 Å². The number of benzene rings is 8. The van der Waals surface area contributed by atoms with Crippen molar-refractivity contribution in [2.24, 2.45) is 0 Å². The molecule has 0 fully saturated rings. The largest absolute Gasteiger partial charge is 0.456 e. The molecule has 0 atom stereocenters. The lowest BCUT2D eigenvalue weighted by molar-refractivity contribution is 0.669. The predicted molar refractivity (Wildman–Crippen MR) is 232 cm³/mol. The van der Waals surface area contributed by atoms with Gasteiger partial charge in [-0.25, -0.2) is 0 Å². The van der Waals surface area contributed by atoms with Crippen LogP contribution in [0.1, 0.15) is 21.9 Å². The second kappa shape index (κ2) is 12.3. The molecule has 0 aliphatic heterocycles. The lowest BCUT2D eigenvalue weighted by atomic mass is 9.95. The average Bonchev–Trinajstić information content (AvgIpc) is 4.10. The number of fused-ring (bicyclic) bond motifs is 9. The molecule has 266 valence electrons. The van der Waals surface area contributed by atoms with Crippen LogP contribution in [0.4, 0.5) is 0 Å². The first kappa shape index (κ1) is 19.7. The minimum atomic E-state index is -0.699. The predicted octanol–water partition coefficient (Wildman–Crippen LogP) is 13.0. The summed E-state index contributed by atoms with van der Waals surface area (Å²) in [5.41, 5.74) is 4.03. The first-order valence-electron chi connectivity index (χ1n) is 25.8. The summed E-state index contributed by atoms with van der Waals surface area (Å²) >= 11 is 0. The number of aromatic nitrogens is 5. The minimum absolute atomic E-state index is 0.146. The molecule has 6 heteroatoms. The fourth-order valence-corrected chi connectivity index (χ4v) is 7.62. The summed E-state index contributed by atoms with van der Waals surface area (Å²) in [6, 6.07) is 18.2. The van der Waals surface area contributed by atoms with Crippen LogP contribution in [0.2, 0.25) is 0 Å². The maximum atomic E-state index is 9.18. The average molecular weight is 746 g/mol. The van der Waals surface area contributed by atoms with Crippen molar-refractivity contribution < 1.29 is 26.3 Å². The van der Waals surface area contributed by atoms with Gasteiger partial charge in [0, 0.05) is 37.9 Å². The van der Waals surface area contributed by atoms with Gasteiger partial charge in [-0.3, -0.25) is 9.13 Å². The van der Waals surface area contributed by atoms with Gasteiger partial charge in [0.05, 0.1) is 44.0 Å². The Morgan fingerprint density at radius 2 is 0.895 bits per heavy atom. The van der Waals surface area contributed by atoms with Crippen LogP contribution in [0.5, 0.6) is 0 Å². The Hall–Kier alpha value is -7.83. The molecule has 0 saturated heterocycles. The van der Waals surface area contributed by atoms with Gasteiger partial charge in [-0.05, 0) is 64.6 Å². The van der Waals surface area contributed by atoms with Gasteiger partial charge in [0.25, 0.3) is 0 Å². The van der Waals surface area contributed by atoms with Crippen LogP contribution in [-0.4, -0.2) is 24.1 Å². The third-order valence-corrected chi connectivity index (χ3v) is 10.1. The Labute approximate surface area is 349 Å². The lowest BCUT2D eigenvalue weighted by Gasteiger charge is -2.13. The monoisotopic (exact) mass is 745 g/mol. The molecule has 4 heterocycles. The Bertz CT molecular complexity index is 4140. The van der Waals surface area contributed by atoms with Gasteiger partial charge in [0.2, 0.25) is 11.9 Å². The van der Waals surface area contributed by atoms with E-state index in [-0.39, 0.29) is 49.4 Å². The highest BCUT2D eigenvalue weighted by atomic mass is 16.3. The highest BCUT2D eigenvalue weighted by Gasteiger charge is 2.20. The van der Waals surface area contributed by atoms with E-state index >= 15 is 0 Å². The van der Waals surface area contributed by atoms with Crippen LogP contribution in [0.3, 0.4) is 0 Å². The van der Waals surface area contributed by atoms with Crippen LogP contribution >= 0.6 is 0 Å². The van der Waals surface area contributed by atoms with Crippen LogP contribution in [0.15, 0.2) is 192 Å². The first-order chi connectivity index (χ1) is 34.9. The van der Waals surface area contributed by atoms with E-state index in [0.29, 0.717) is 5.56 Å². The van der Waals surface area contributed by atoms with Gasteiger partial charge in [-0.1, -0.05) is 145 Å². The fourth-order valence-electron chi connectivity index (χ4n) is 7.62. The number of hydrogen-bond acceptors (Lipinski definition) is 4. The van der Waals surface area contributed by atoms with Gasteiger partial charge >= 0.3 is 0 Å². The quantitative estimate of drug-likeness (QED) is 0.176. The molecule has 12 aromatic rings. The van der Waals surface area contributed by atoms with Crippen molar-refractivity contribution in [1.82, 2.24) is 24.1 Å². The second-order valence-corrected chi connectivity index (χ2v) is 13.3. The standard InChI is InChI=1S/C51H31N5O/c1-6-21-42-37(15-1)38-16-2-7-22-43(38)55(42)50-52-49(53-51(54-50)56-44-23-8-3-17-39(44)40-18-4-9-24-45(40)56)33-29-27-32(28-30-33)34-13-11-14-35(31-34)36-20-12-26-47-48(36)41-19-5-10-25-46(41)57-47/h1-31H/i1D,2D,3D,4D,6D,7D,8D,9D,15D,16D,17D,18D,21D,22D,23D,24D. The maximum Gasteiger partial charge on any atom is 0.240 e. The molecule has 6 nitrogen and oxygen atoms in total. The summed E-state index contributed by atoms with van der Waals surface area (Å²) in [4.78, 5) is 14.4. The topological polar surface area (TPSA) is 61.7 Å². The summed E-state index contributed by atoms with van der Waals surface area (Å²) in [5.74, 6) is -1.08. The van der Waals surface area contributed by atoms with E-state index < -0.39 is 109 Å². The van der Waals surface area contributed by atoms with Crippen molar-refractivity contribution in [3.63, 3.8) is 0 Å². The molecule has 0 N–H and O–H groups in total. The highest BCUT2D eigenvalue weighted by Crippen LogP contribution is 2.39. The highest BCUT2D eigenvalue weighted by molar-refractivity contribution is 6.13. The normalized spacial score (nSPS) is 15.8. The molecular formula is C51H31N5O. The van der Waals surface area contributed by atoms with E-state index in [1.54, 1.807) is 12.1 Å². The van der Waals surface area contributed by atoms with E-state index in [0.717, 1.165) is 53.3 Å². The van der Waals surface area contributed by atoms with Crippen LogP contribution < -0.4 is 0 Å². The fraction of sp³-hybridized carbons (Fsp3) is 0. The Kier molecular flexibility index (Phi) is 4.26. The smallest absolute Gasteiger partial charge is 0.240 e. The van der Waals surface area contributed by atoms with Gasteiger partial charge in [-0.2, -0.15) is 15.0 Å². The van der Waals surface area contributed by atoms with Crippen molar-refractivity contribution in [2.75, 3.05) is 0 Å². The molecule has 0 bridgehead atoms. The summed E-state index contributed by atoms with van der Waals surface area (Å²) < 4.78 is 150. The van der Waals surface area contributed by atoms with Crippen molar-refractivity contribution in [3.8, 4) is 45.5 Å². The van der Waals surface area contributed by atoms with E-state index in [4.69, 9.17) is 35.8 Å². The molecule has 0 spiro atoms. The molecule has 57 heavy (non-hydrogen) atoms. The molecule has 8 aromatic carbocycles. The first-order valence-corrected chi connectivity index (χ1v) is 17.8. The third-order valence-electron chi connectivity index (χ3n) is 10.1. The van der Waals surface area contributed by atoms with Crippen molar-refractivity contribution in [3.05, 3.63) is 188 Å². The molecule has 12 rings (SSSR count). The van der Waals surface area contributed by atoms with Crippen LogP contribution in [-0.2, 0) is 0 Å². The number of furan rings is 1. The SMILES string of the molecule is [2H]c1c([2H])c([2H])c2c(c1[2H])c1c([2H])c([2H])c([2H])c([2H])c1n2-c1nc(-c2ccc(-c3cccc(-c4cccc5oc6ccccc6c45)c3)cc2)nc(-n2c3c([2H])c([2H])c([2H])c([2H])c3c3c([2H])c([2H])c([2H])c([2H])c32)n1. The molecule has 4 aromatic heterocycles. The summed E-state index contributed by atoms with van der Waals surface area (Å²) in [7, 11) is 0. The van der Waals surface area contributed by atoms with E-state index in [9.17, 15) is 5.48 Å². The zero-order valence-electron chi connectivity index (χ0n) is 45.3. The molecular weight excluding hydrogens is 699 g/mol. The lowest BCUT2D eigenvalue weighted by Crippen LogP contribution is -2.10. The van der Waals surface area contributed by atoms with E-state index in [1.807, 2.05) is 78.9 Å². The molecule has 0 amide bonds. The summed E-state index contributed by atoms with van der Waals surface area (Å²) in [6.45, 7) is 0. The van der Waals surface area contributed by atoms with Crippen molar-refractivity contribution >= 4 is 65.6 Å². The summed E-state index contributed by atoms with van der Waals surface area (Å²) in [6.07, 6.45) is 0. The number of para-hydroxylation sites is 5. The molecule has 0 unspecified atom stereocenters. The number of hydrogen-bond donors (Lipinski definition) is 0. The maximum absolute atomic E-state index is 9.18. The molecule has 0 saturated carbocycles. The van der Waals surface area contributed by atoms with Crippen LogP contribution in [0, 0.1) is 0 Å². The minimum Gasteiger partial charge on any atom is -0.456 e. The summed E-state index contributed by atoms with van der Waals surface area (Å²) in [5, 5.41) is 0.888.